The quantitative estimate of drug-likeness (QED) is 0.539. The Morgan fingerprint density at radius 2 is 2.28 bits per heavy atom. The zero-order valence-electron chi connectivity index (χ0n) is 9.67. The first-order valence-corrected chi connectivity index (χ1v) is 5.70. The molecule has 0 unspecified atom stereocenters. The van der Waals surface area contributed by atoms with Crippen LogP contribution in [-0.2, 0) is 19.2 Å². The van der Waals surface area contributed by atoms with Crippen LogP contribution in [-0.4, -0.2) is 53.0 Å². The van der Waals surface area contributed by atoms with Gasteiger partial charge in [-0.3, -0.25) is 19.2 Å². The standard InChI is InChI=1S/C10H15N3O5/c11-6(10(16)17)1-2-8(14)13-3-5-7(4-13)18-12-9(5)15/h5-7H,1-4,11H2,(H,12,15)(H,16,17)/t5-,6-,7+/m1/s1. The lowest BCUT2D eigenvalue weighted by Crippen LogP contribution is -2.36. The van der Waals surface area contributed by atoms with Crippen molar-refractivity contribution >= 4 is 17.8 Å². The highest BCUT2D eigenvalue weighted by molar-refractivity contribution is 5.83. The lowest BCUT2D eigenvalue weighted by molar-refractivity contribution is -0.139. The molecule has 0 bridgehead atoms. The summed E-state index contributed by atoms with van der Waals surface area (Å²) in [7, 11) is 0. The molecule has 2 aliphatic rings. The van der Waals surface area contributed by atoms with Gasteiger partial charge in [0.2, 0.25) is 5.91 Å². The summed E-state index contributed by atoms with van der Waals surface area (Å²) in [5.41, 5.74) is 7.59. The van der Waals surface area contributed by atoms with Gasteiger partial charge in [0, 0.05) is 13.0 Å². The molecule has 100 valence electrons. The highest BCUT2D eigenvalue weighted by Gasteiger charge is 2.45. The number of hydrogen-bond donors (Lipinski definition) is 3. The van der Waals surface area contributed by atoms with Crippen molar-refractivity contribution in [2.75, 3.05) is 13.1 Å². The van der Waals surface area contributed by atoms with Gasteiger partial charge in [0.15, 0.2) is 0 Å². The number of carbonyl (C=O) groups excluding carboxylic acids is 2. The normalized spacial score (nSPS) is 27.8. The lowest BCUT2D eigenvalue weighted by atomic mass is 10.1. The third-order valence-electron chi connectivity index (χ3n) is 3.25. The third-order valence-corrected chi connectivity index (χ3v) is 3.25. The number of aliphatic carboxylic acids is 1. The number of likely N-dealkylation sites (tertiary alicyclic amines) is 1. The Balaban J connectivity index is 1.81. The number of nitrogens with zero attached hydrogens (tertiary/aromatic N) is 1. The second-order valence-corrected chi connectivity index (χ2v) is 4.51. The molecule has 2 rings (SSSR count). The number of hydrogen-bond acceptors (Lipinski definition) is 5. The van der Waals surface area contributed by atoms with Crippen LogP contribution < -0.4 is 11.2 Å². The summed E-state index contributed by atoms with van der Waals surface area (Å²) < 4.78 is 0. The molecule has 0 aromatic rings. The third kappa shape index (κ3) is 2.44. The van der Waals surface area contributed by atoms with E-state index in [1.807, 2.05) is 0 Å². The Morgan fingerprint density at radius 1 is 1.56 bits per heavy atom. The van der Waals surface area contributed by atoms with Crippen LogP contribution in [0.25, 0.3) is 0 Å². The average Bonchev–Trinajstić information content (AvgIpc) is 2.88. The highest BCUT2D eigenvalue weighted by Crippen LogP contribution is 2.24. The Kier molecular flexibility index (Phi) is 3.48. The van der Waals surface area contributed by atoms with Gasteiger partial charge in [-0.1, -0.05) is 0 Å². The van der Waals surface area contributed by atoms with Gasteiger partial charge in [-0.15, -0.1) is 0 Å². The second-order valence-electron chi connectivity index (χ2n) is 4.51. The molecule has 18 heavy (non-hydrogen) atoms. The maximum absolute atomic E-state index is 11.8. The average molecular weight is 257 g/mol. The first-order valence-electron chi connectivity index (χ1n) is 5.70. The van der Waals surface area contributed by atoms with Crippen LogP contribution in [0.5, 0.6) is 0 Å². The number of carbonyl (C=O) groups is 3. The van der Waals surface area contributed by atoms with E-state index in [-0.39, 0.29) is 36.7 Å². The molecular formula is C10H15N3O5. The van der Waals surface area contributed by atoms with Crippen LogP contribution >= 0.6 is 0 Å². The van der Waals surface area contributed by atoms with Crippen LogP contribution in [0, 0.1) is 5.92 Å². The predicted octanol–water partition coefficient (Wildman–Crippen LogP) is -1.93. The van der Waals surface area contributed by atoms with E-state index in [0.29, 0.717) is 13.1 Å². The molecule has 0 spiro atoms. The summed E-state index contributed by atoms with van der Waals surface area (Å²) in [6.07, 6.45) is -0.142. The van der Waals surface area contributed by atoms with Gasteiger partial charge in [-0.2, -0.15) is 0 Å². The Labute approximate surface area is 103 Å². The molecule has 2 aliphatic heterocycles. The van der Waals surface area contributed by atoms with Crippen LogP contribution in [0.3, 0.4) is 0 Å². The van der Waals surface area contributed by atoms with Crippen LogP contribution in [0.2, 0.25) is 0 Å². The molecule has 2 amide bonds. The number of fused-ring (bicyclic) bond motifs is 1. The minimum absolute atomic E-state index is 0.0640. The largest absolute Gasteiger partial charge is 0.480 e. The summed E-state index contributed by atoms with van der Waals surface area (Å²) in [6.45, 7) is 0.669. The molecule has 2 fully saturated rings. The van der Waals surface area contributed by atoms with Crippen molar-refractivity contribution in [1.29, 1.82) is 0 Å². The minimum Gasteiger partial charge on any atom is -0.480 e. The molecule has 2 saturated heterocycles. The second kappa shape index (κ2) is 4.91. The number of nitrogens with two attached hydrogens (primary N) is 1. The van der Waals surface area contributed by atoms with Crippen LogP contribution in [0.1, 0.15) is 12.8 Å². The zero-order chi connectivity index (χ0) is 13.3. The highest BCUT2D eigenvalue weighted by atomic mass is 16.7. The number of hydroxylamine groups is 1. The van der Waals surface area contributed by atoms with E-state index in [9.17, 15) is 14.4 Å². The Bertz CT molecular complexity index is 386. The molecule has 0 radical (unpaired) electrons. The fraction of sp³-hybridized carbons (Fsp3) is 0.700. The first-order chi connectivity index (χ1) is 8.49. The van der Waals surface area contributed by atoms with E-state index in [2.05, 4.69) is 5.48 Å². The Morgan fingerprint density at radius 3 is 2.89 bits per heavy atom. The van der Waals surface area contributed by atoms with Gasteiger partial charge in [-0.05, 0) is 6.42 Å². The van der Waals surface area contributed by atoms with E-state index < -0.39 is 12.0 Å². The fourth-order valence-electron chi connectivity index (χ4n) is 2.12. The van der Waals surface area contributed by atoms with Crippen molar-refractivity contribution in [2.45, 2.75) is 25.0 Å². The number of amides is 2. The van der Waals surface area contributed by atoms with E-state index >= 15 is 0 Å². The number of carboxylic acid groups (broad SMARTS) is 1. The maximum atomic E-state index is 11.8. The summed E-state index contributed by atoms with van der Waals surface area (Å²) >= 11 is 0. The SMILES string of the molecule is N[C@H](CCC(=O)N1C[C@@H]2ONC(=O)[C@@H]2C1)C(=O)O. The minimum atomic E-state index is -1.12. The molecular weight excluding hydrogens is 242 g/mol. The van der Waals surface area contributed by atoms with Gasteiger partial charge in [0.05, 0.1) is 12.5 Å². The van der Waals surface area contributed by atoms with E-state index in [1.54, 1.807) is 0 Å². The van der Waals surface area contributed by atoms with Crippen LogP contribution in [0.15, 0.2) is 0 Å². The fourth-order valence-corrected chi connectivity index (χ4v) is 2.12. The van der Waals surface area contributed by atoms with E-state index in [0.717, 1.165) is 0 Å². The van der Waals surface area contributed by atoms with Gasteiger partial charge >= 0.3 is 5.97 Å². The number of carboxylic acids is 1. The monoisotopic (exact) mass is 257 g/mol. The summed E-state index contributed by atoms with van der Waals surface area (Å²) in [5.74, 6) is -1.85. The topological polar surface area (TPSA) is 122 Å². The van der Waals surface area contributed by atoms with Crippen molar-refractivity contribution in [3.63, 3.8) is 0 Å². The van der Waals surface area contributed by atoms with Crippen molar-refractivity contribution in [1.82, 2.24) is 10.4 Å². The molecule has 0 aliphatic carbocycles. The van der Waals surface area contributed by atoms with Gasteiger partial charge in [0.1, 0.15) is 12.1 Å². The lowest BCUT2D eigenvalue weighted by Gasteiger charge is -2.17. The summed E-state index contributed by atoms with van der Waals surface area (Å²) in [5, 5.41) is 8.60. The summed E-state index contributed by atoms with van der Waals surface area (Å²) in [6, 6.07) is -1.03. The molecule has 0 aromatic carbocycles. The van der Waals surface area contributed by atoms with E-state index in [4.69, 9.17) is 15.7 Å². The molecule has 8 nitrogen and oxygen atoms in total. The maximum Gasteiger partial charge on any atom is 0.320 e. The molecule has 4 N–H and O–H groups in total. The van der Waals surface area contributed by atoms with Crippen molar-refractivity contribution in [3.8, 4) is 0 Å². The van der Waals surface area contributed by atoms with Crippen LogP contribution in [0.4, 0.5) is 0 Å². The molecule has 0 saturated carbocycles. The van der Waals surface area contributed by atoms with Gasteiger partial charge in [0.25, 0.3) is 5.91 Å². The Hall–Kier alpha value is -1.67. The smallest absolute Gasteiger partial charge is 0.320 e. The predicted molar refractivity (Wildman–Crippen MR) is 57.9 cm³/mol. The molecule has 8 heteroatoms. The van der Waals surface area contributed by atoms with Crippen molar-refractivity contribution in [2.24, 2.45) is 11.7 Å². The van der Waals surface area contributed by atoms with E-state index in [1.165, 1.54) is 4.90 Å². The molecule has 2 heterocycles. The first kappa shape index (κ1) is 12.8. The number of nitrogens with one attached hydrogen (secondary N) is 1. The van der Waals surface area contributed by atoms with Crippen molar-refractivity contribution in [3.05, 3.63) is 0 Å². The summed E-state index contributed by atoms with van der Waals surface area (Å²) in [4.78, 5) is 40.2. The van der Waals surface area contributed by atoms with Crippen molar-refractivity contribution < 1.29 is 24.3 Å². The number of rotatable bonds is 4. The van der Waals surface area contributed by atoms with Gasteiger partial charge in [-0.25, -0.2) is 5.48 Å². The van der Waals surface area contributed by atoms with Gasteiger partial charge < -0.3 is 15.7 Å². The molecule has 0 aromatic heterocycles. The molecule has 3 atom stereocenters. The zero-order valence-corrected chi connectivity index (χ0v) is 9.67.